The van der Waals surface area contributed by atoms with Crippen LogP contribution in [0.2, 0.25) is 0 Å². The van der Waals surface area contributed by atoms with Crippen molar-refractivity contribution in [1.82, 2.24) is 20.4 Å². The molecule has 0 aromatic carbocycles. The molecule has 1 aliphatic rings. The maximum atomic E-state index is 11.8. The van der Waals surface area contributed by atoms with E-state index < -0.39 is 0 Å². The number of nitrogens with one attached hydrogen (secondary N) is 2. The van der Waals surface area contributed by atoms with Crippen LogP contribution in [0, 0.1) is 0 Å². The highest BCUT2D eigenvalue weighted by Gasteiger charge is 2.16. The Hall–Kier alpha value is -1.40. The summed E-state index contributed by atoms with van der Waals surface area (Å²) in [4.78, 5) is 11.8. The highest BCUT2D eigenvalue weighted by molar-refractivity contribution is 5.78. The molecule has 1 amide bonds. The molecule has 19 heavy (non-hydrogen) atoms. The standard InChI is InChI=1S/C13H22N4O2/c1-11(10-17-6-2-5-15-17)14-9-13(18)16-12-3-7-19-8-4-12/h2,5-6,11-12,14H,3-4,7-10H2,1H3,(H,16,18)/t11-/m1/s1. The molecule has 1 atom stereocenters. The zero-order valence-corrected chi connectivity index (χ0v) is 11.3. The van der Waals surface area contributed by atoms with E-state index in [-0.39, 0.29) is 18.0 Å². The van der Waals surface area contributed by atoms with Crippen LogP contribution in [0.25, 0.3) is 0 Å². The molecule has 1 aromatic rings. The number of nitrogens with zero attached hydrogens (tertiary/aromatic N) is 2. The van der Waals surface area contributed by atoms with Crippen molar-refractivity contribution in [2.45, 2.75) is 38.4 Å². The van der Waals surface area contributed by atoms with E-state index in [4.69, 9.17) is 4.74 Å². The zero-order chi connectivity index (χ0) is 13.5. The first-order valence-electron chi connectivity index (χ1n) is 6.82. The van der Waals surface area contributed by atoms with Gasteiger partial charge in [0.15, 0.2) is 0 Å². The lowest BCUT2D eigenvalue weighted by Crippen LogP contribution is -2.45. The van der Waals surface area contributed by atoms with Gasteiger partial charge < -0.3 is 15.4 Å². The molecule has 0 radical (unpaired) electrons. The molecule has 0 aliphatic carbocycles. The van der Waals surface area contributed by atoms with Gasteiger partial charge in [-0.2, -0.15) is 5.10 Å². The number of carbonyl (C=O) groups is 1. The van der Waals surface area contributed by atoms with Gasteiger partial charge in [0.05, 0.1) is 13.1 Å². The number of hydrogen-bond donors (Lipinski definition) is 2. The fraction of sp³-hybridized carbons (Fsp3) is 0.692. The third kappa shape index (κ3) is 5.00. The number of hydrogen-bond acceptors (Lipinski definition) is 4. The maximum Gasteiger partial charge on any atom is 0.234 e. The van der Waals surface area contributed by atoms with E-state index in [2.05, 4.69) is 15.7 Å². The third-order valence-electron chi connectivity index (χ3n) is 3.22. The Morgan fingerprint density at radius 3 is 3.00 bits per heavy atom. The van der Waals surface area contributed by atoms with Crippen molar-refractivity contribution < 1.29 is 9.53 Å². The topological polar surface area (TPSA) is 68.2 Å². The van der Waals surface area contributed by atoms with Gasteiger partial charge in [-0.25, -0.2) is 0 Å². The second-order valence-corrected chi connectivity index (χ2v) is 4.96. The molecule has 1 aromatic heterocycles. The number of ether oxygens (including phenoxy) is 1. The van der Waals surface area contributed by atoms with Gasteiger partial charge in [0.1, 0.15) is 0 Å². The summed E-state index contributed by atoms with van der Waals surface area (Å²) in [7, 11) is 0. The molecular formula is C13H22N4O2. The molecule has 1 saturated heterocycles. The Bertz CT molecular complexity index is 374. The molecule has 2 heterocycles. The van der Waals surface area contributed by atoms with E-state index in [1.807, 2.05) is 23.9 Å². The summed E-state index contributed by atoms with van der Waals surface area (Å²) >= 11 is 0. The van der Waals surface area contributed by atoms with Crippen LogP contribution >= 0.6 is 0 Å². The van der Waals surface area contributed by atoms with Crippen LogP contribution < -0.4 is 10.6 Å². The van der Waals surface area contributed by atoms with E-state index in [9.17, 15) is 4.79 Å². The Morgan fingerprint density at radius 1 is 1.53 bits per heavy atom. The summed E-state index contributed by atoms with van der Waals surface area (Å²) in [6.07, 6.45) is 5.49. The summed E-state index contributed by atoms with van der Waals surface area (Å²) in [6, 6.07) is 2.37. The van der Waals surface area contributed by atoms with Crippen molar-refractivity contribution in [3.63, 3.8) is 0 Å². The molecule has 106 valence electrons. The van der Waals surface area contributed by atoms with Gasteiger partial charge in [-0.05, 0) is 25.8 Å². The van der Waals surface area contributed by atoms with Gasteiger partial charge >= 0.3 is 0 Å². The fourth-order valence-electron chi connectivity index (χ4n) is 2.14. The van der Waals surface area contributed by atoms with Crippen molar-refractivity contribution in [2.75, 3.05) is 19.8 Å². The van der Waals surface area contributed by atoms with Crippen LogP contribution in [-0.2, 0) is 16.1 Å². The van der Waals surface area contributed by atoms with Crippen LogP contribution in [0.3, 0.4) is 0 Å². The smallest absolute Gasteiger partial charge is 0.234 e. The van der Waals surface area contributed by atoms with Gasteiger partial charge in [-0.3, -0.25) is 9.48 Å². The first-order chi connectivity index (χ1) is 9.24. The monoisotopic (exact) mass is 266 g/mol. The van der Waals surface area contributed by atoms with E-state index >= 15 is 0 Å². The molecule has 6 nitrogen and oxygen atoms in total. The van der Waals surface area contributed by atoms with Gasteiger partial charge in [0, 0.05) is 37.7 Å². The average molecular weight is 266 g/mol. The maximum absolute atomic E-state index is 11.8. The lowest BCUT2D eigenvalue weighted by atomic mass is 10.1. The van der Waals surface area contributed by atoms with Crippen molar-refractivity contribution >= 4 is 5.91 Å². The second kappa shape index (κ2) is 7.25. The van der Waals surface area contributed by atoms with Crippen molar-refractivity contribution in [1.29, 1.82) is 0 Å². The van der Waals surface area contributed by atoms with Crippen LogP contribution in [0.4, 0.5) is 0 Å². The van der Waals surface area contributed by atoms with Crippen molar-refractivity contribution in [3.05, 3.63) is 18.5 Å². The molecule has 2 N–H and O–H groups in total. The molecule has 0 saturated carbocycles. The highest BCUT2D eigenvalue weighted by Crippen LogP contribution is 2.05. The normalized spacial score (nSPS) is 18.2. The molecule has 0 bridgehead atoms. The summed E-state index contributed by atoms with van der Waals surface area (Å²) in [6.45, 7) is 4.64. The highest BCUT2D eigenvalue weighted by atomic mass is 16.5. The van der Waals surface area contributed by atoms with E-state index in [1.54, 1.807) is 6.20 Å². The van der Waals surface area contributed by atoms with E-state index in [0.717, 1.165) is 32.6 Å². The third-order valence-corrected chi connectivity index (χ3v) is 3.22. The lowest BCUT2D eigenvalue weighted by molar-refractivity contribution is -0.121. The van der Waals surface area contributed by atoms with Gasteiger partial charge in [0.25, 0.3) is 0 Å². The molecule has 6 heteroatoms. The van der Waals surface area contributed by atoms with Crippen LogP contribution in [-0.4, -0.2) is 47.5 Å². The van der Waals surface area contributed by atoms with Gasteiger partial charge in [-0.15, -0.1) is 0 Å². The molecule has 2 rings (SSSR count). The quantitative estimate of drug-likeness (QED) is 0.769. The van der Waals surface area contributed by atoms with Crippen molar-refractivity contribution in [3.8, 4) is 0 Å². The van der Waals surface area contributed by atoms with Crippen LogP contribution in [0.1, 0.15) is 19.8 Å². The Morgan fingerprint density at radius 2 is 2.32 bits per heavy atom. The van der Waals surface area contributed by atoms with Crippen LogP contribution in [0.5, 0.6) is 0 Å². The predicted octanol–water partition coefficient (Wildman–Crippen LogP) is 0.156. The minimum Gasteiger partial charge on any atom is -0.381 e. The Balaban J connectivity index is 1.62. The molecule has 1 fully saturated rings. The minimum atomic E-state index is 0.0548. The molecule has 0 spiro atoms. The lowest BCUT2D eigenvalue weighted by Gasteiger charge is -2.23. The minimum absolute atomic E-state index is 0.0548. The van der Waals surface area contributed by atoms with E-state index in [1.165, 1.54) is 0 Å². The molecule has 0 unspecified atom stereocenters. The molecule has 1 aliphatic heterocycles. The number of rotatable bonds is 6. The van der Waals surface area contributed by atoms with Gasteiger partial charge in [-0.1, -0.05) is 0 Å². The summed E-state index contributed by atoms with van der Waals surface area (Å²) in [5.41, 5.74) is 0. The van der Waals surface area contributed by atoms with E-state index in [0.29, 0.717) is 6.54 Å². The summed E-state index contributed by atoms with van der Waals surface area (Å²) in [5, 5.41) is 10.4. The molecular weight excluding hydrogens is 244 g/mol. The van der Waals surface area contributed by atoms with Gasteiger partial charge in [0.2, 0.25) is 5.91 Å². The first-order valence-corrected chi connectivity index (χ1v) is 6.82. The summed E-state index contributed by atoms with van der Waals surface area (Å²) < 4.78 is 7.12. The number of aromatic nitrogens is 2. The number of carbonyl (C=O) groups excluding carboxylic acids is 1. The average Bonchev–Trinajstić information content (AvgIpc) is 2.90. The summed E-state index contributed by atoms with van der Waals surface area (Å²) in [5.74, 6) is 0.0548. The first kappa shape index (κ1) is 14.0. The van der Waals surface area contributed by atoms with Crippen molar-refractivity contribution in [2.24, 2.45) is 0 Å². The Labute approximate surface area is 113 Å². The largest absolute Gasteiger partial charge is 0.381 e. The fourth-order valence-corrected chi connectivity index (χ4v) is 2.14. The SMILES string of the molecule is C[C@H](Cn1cccn1)NCC(=O)NC1CCOCC1. The Kier molecular flexibility index (Phi) is 5.35. The van der Waals surface area contributed by atoms with Crippen LogP contribution in [0.15, 0.2) is 18.5 Å². The zero-order valence-electron chi connectivity index (χ0n) is 11.3. The second-order valence-electron chi connectivity index (χ2n) is 4.96. The predicted molar refractivity (Wildman–Crippen MR) is 71.7 cm³/mol. The number of amides is 1.